The number of carbonyl (C=O) groups excluding carboxylic acids is 1. The fraction of sp³-hybridized carbons (Fsp3) is 0.500. The van der Waals surface area contributed by atoms with Crippen LogP contribution in [-0.4, -0.2) is 33.5 Å². The number of benzene rings is 1. The van der Waals surface area contributed by atoms with E-state index in [1.165, 1.54) is 19.1 Å². The SMILES string of the molecule is CCCNC(=O)C(C)NS(=O)(=O)c1ccc(CCN)cc1. The fourth-order valence-electron chi connectivity index (χ4n) is 1.76. The molecule has 1 amide bonds. The van der Waals surface area contributed by atoms with E-state index in [-0.39, 0.29) is 10.8 Å². The Morgan fingerprint density at radius 3 is 2.43 bits per heavy atom. The highest BCUT2D eigenvalue weighted by atomic mass is 32.2. The van der Waals surface area contributed by atoms with Crippen molar-refractivity contribution in [3.8, 4) is 0 Å². The van der Waals surface area contributed by atoms with Crippen molar-refractivity contribution >= 4 is 15.9 Å². The van der Waals surface area contributed by atoms with E-state index >= 15 is 0 Å². The van der Waals surface area contributed by atoms with E-state index in [2.05, 4.69) is 10.0 Å². The van der Waals surface area contributed by atoms with Crippen LogP contribution in [0.15, 0.2) is 29.2 Å². The van der Waals surface area contributed by atoms with Gasteiger partial charge in [-0.25, -0.2) is 8.42 Å². The second-order valence-electron chi connectivity index (χ2n) is 4.82. The van der Waals surface area contributed by atoms with Crippen molar-refractivity contribution in [2.45, 2.75) is 37.6 Å². The summed E-state index contributed by atoms with van der Waals surface area (Å²) in [5.74, 6) is -0.333. The molecule has 0 fully saturated rings. The molecule has 0 aliphatic heterocycles. The lowest BCUT2D eigenvalue weighted by molar-refractivity contribution is -0.122. The van der Waals surface area contributed by atoms with Crippen LogP contribution in [0.1, 0.15) is 25.8 Å². The van der Waals surface area contributed by atoms with E-state index < -0.39 is 16.1 Å². The van der Waals surface area contributed by atoms with Gasteiger partial charge in [-0.1, -0.05) is 19.1 Å². The van der Waals surface area contributed by atoms with Crippen molar-refractivity contribution in [3.05, 3.63) is 29.8 Å². The molecule has 0 aliphatic rings. The van der Waals surface area contributed by atoms with E-state index in [1.54, 1.807) is 12.1 Å². The first-order valence-electron chi connectivity index (χ1n) is 6.99. The number of nitrogens with one attached hydrogen (secondary N) is 2. The van der Waals surface area contributed by atoms with Crippen molar-refractivity contribution in [2.24, 2.45) is 5.73 Å². The summed E-state index contributed by atoms with van der Waals surface area (Å²) < 4.78 is 26.7. The normalized spacial score (nSPS) is 12.9. The molecule has 7 heteroatoms. The van der Waals surface area contributed by atoms with Crippen LogP contribution in [0.4, 0.5) is 0 Å². The zero-order valence-electron chi connectivity index (χ0n) is 12.4. The maximum absolute atomic E-state index is 12.2. The molecule has 6 nitrogen and oxygen atoms in total. The third-order valence-electron chi connectivity index (χ3n) is 2.94. The Morgan fingerprint density at radius 2 is 1.90 bits per heavy atom. The predicted molar refractivity (Wildman–Crippen MR) is 82.3 cm³/mol. The maximum atomic E-state index is 12.2. The first-order chi connectivity index (χ1) is 9.90. The monoisotopic (exact) mass is 313 g/mol. The van der Waals surface area contributed by atoms with E-state index in [0.29, 0.717) is 19.5 Å². The summed E-state index contributed by atoms with van der Waals surface area (Å²) in [5.41, 5.74) is 6.43. The lowest BCUT2D eigenvalue weighted by atomic mass is 10.2. The van der Waals surface area contributed by atoms with Gasteiger partial charge in [-0.15, -0.1) is 0 Å². The summed E-state index contributed by atoms with van der Waals surface area (Å²) in [6.07, 6.45) is 1.50. The standard InChI is InChI=1S/C14H23N3O3S/c1-3-10-16-14(18)11(2)17-21(19,20)13-6-4-12(5-7-13)8-9-15/h4-7,11,17H,3,8-10,15H2,1-2H3,(H,16,18). The number of sulfonamides is 1. The molecule has 0 aromatic heterocycles. The molecule has 0 heterocycles. The van der Waals surface area contributed by atoms with E-state index in [1.807, 2.05) is 6.92 Å². The molecule has 1 unspecified atom stereocenters. The Hall–Kier alpha value is -1.44. The van der Waals surface area contributed by atoms with Gasteiger partial charge < -0.3 is 11.1 Å². The molecule has 118 valence electrons. The van der Waals surface area contributed by atoms with Crippen LogP contribution in [0.25, 0.3) is 0 Å². The second kappa shape index (κ2) is 8.11. The summed E-state index contributed by atoms with van der Waals surface area (Å²) in [5, 5.41) is 2.65. The van der Waals surface area contributed by atoms with Crippen LogP contribution < -0.4 is 15.8 Å². The minimum atomic E-state index is -3.70. The molecule has 1 rings (SSSR count). The Morgan fingerprint density at radius 1 is 1.29 bits per heavy atom. The molecule has 0 bridgehead atoms. The minimum Gasteiger partial charge on any atom is -0.355 e. The van der Waals surface area contributed by atoms with E-state index in [4.69, 9.17) is 5.73 Å². The number of nitrogens with two attached hydrogens (primary N) is 1. The third-order valence-corrected chi connectivity index (χ3v) is 4.50. The van der Waals surface area contributed by atoms with Crippen molar-refractivity contribution < 1.29 is 13.2 Å². The van der Waals surface area contributed by atoms with Gasteiger partial charge in [-0.05, 0) is 44.0 Å². The smallest absolute Gasteiger partial charge is 0.241 e. The Bertz CT molecular complexity index is 555. The van der Waals surface area contributed by atoms with Crippen LogP contribution in [0.3, 0.4) is 0 Å². The van der Waals surface area contributed by atoms with Gasteiger partial charge in [-0.3, -0.25) is 4.79 Å². The maximum Gasteiger partial charge on any atom is 0.241 e. The van der Waals surface area contributed by atoms with Crippen LogP contribution in [0, 0.1) is 0 Å². The van der Waals surface area contributed by atoms with Gasteiger partial charge in [0.25, 0.3) is 0 Å². The molecule has 21 heavy (non-hydrogen) atoms. The lowest BCUT2D eigenvalue weighted by Gasteiger charge is -2.14. The molecule has 1 aromatic rings. The zero-order chi connectivity index (χ0) is 15.9. The van der Waals surface area contributed by atoms with Crippen molar-refractivity contribution in [3.63, 3.8) is 0 Å². The summed E-state index contributed by atoms with van der Waals surface area (Å²) in [7, 11) is -3.70. The number of amides is 1. The average Bonchev–Trinajstić information content (AvgIpc) is 2.45. The van der Waals surface area contributed by atoms with Gasteiger partial charge in [0.15, 0.2) is 0 Å². The molecule has 1 aromatic carbocycles. The predicted octanol–water partition coefficient (Wildman–Crippen LogP) is 0.381. The van der Waals surface area contributed by atoms with Crippen LogP contribution in [0.2, 0.25) is 0 Å². The second-order valence-corrected chi connectivity index (χ2v) is 6.53. The topological polar surface area (TPSA) is 101 Å². The van der Waals surface area contributed by atoms with Crippen LogP contribution in [-0.2, 0) is 21.2 Å². The molecule has 0 aliphatic carbocycles. The number of hydrogen-bond acceptors (Lipinski definition) is 4. The zero-order valence-corrected chi connectivity index (χ0v) is 13.2. The van der Waals surface area contributed by atoms with Crippen molar-refractivity contribution in [1.82, 2.24) is 10.0 Å². The van der Waals surface area contributed by atoms with Crippen LogP contribution >= 0.6 is 0 Å². The largest absolute Gasteiger partial charge is 0.355 e. The summed E-state index contributed by atoms with van der Waals surface area (Å²) in [6.45, 7) is 4.49. The third kappa shape index (κ3) is 5.45. The Balaban J connectivity index is 2.74. The molecular formula is C14H23N3O3S. The highest BCUT2D eigenvalue weighted by molar-refractivity contribution is 7.89. The highest BCUT2D eigenvalue weighted by Crippen LogP contribution is 2.11. The Labute approximate surface area is 126 Å². The van der Waals surface area contributed by atoms with E-state index in [9.17, 15) is 13.2 Å². The number of carbonyl (C=O) groups is 1. The van der Waals surface area contributed by atoms with Gasteiger partial charge in [-0.2, -0.15) is 4.72 Å². The highest BCUT2D eigenvalue weighted by Gasteiger charge is 2.21. The Kier molecular flexibility index (Phi) is 6.80. The van der Waals surface area contributed by atoms with Gasteiger partial charge >= 0.3 is 0 Å². The molecule has 1 atom stereocenters. The van der Waals surface area contributed by atoms with Gasteiger partial charge in [0.2, 0.25) is 15.9 Å². The van der Waals surface area contributed by atoms with Crippen LogP contribution in [0.5, 0.6) is 0 Å². The molecular weight excluding hydrogens is 290 g/mol. The molecule has 4 N–H and O–H groups in total. The first kappa shape index (κ1) is 17.6. The molecule has 0 spiro atoms. The minimum absolute atomic E-state index is 0.137. The number of hydrogen-bond donors (Lipinski definition) is 3. The molecule has 0 saturated heterocycles. The molecule has 0 saturated carbocycles. The van der Waals surface area contributed by atoms with E-state index in [0.717, 1.165) is 12.0 Å². The van der Waals surface area contributed by atoms with Gasteiger partial charge in [0.1, 0.15) is 0 Å². The summed E-state index contributed by atoms with van der Waals surface area (Å²) >= 11 is 0. The fourth-order valence-corrected chi connectivity index (χ4v) is 2.96. The summed E-state index contributed by atoms with van der Waals surface area (Å²) in [4.78, 5) is 11.8. The quantitative estimate of drug-likeness (QED) is 0.646. The molecule has 0 radical (unpaired) electrons. The van der Waals surface area contributed by atoms with Gasteiger partial charge in [0.05, 0.1) is 10.9 Å². The average molecular weight is 313 g/mol. The van der Waals surface area contributed by atoms with Gasteiger partial charge in [0, 0.05) is 6.54 Å². The van der Waals surface area contributed by atoms with Crippen molar-refractivity contribution in [2.75, 3.05) is 13.1 Å². The lowest BCUT2D eigenvalue weighted by Crippen LogP contribution is -2.44. The van der Waals surface area contributed by atoms with Crippen molar-refractivity contribution in [1.29, 1.82) is 0 Å². The number of rotatable bonds is 8. The summed E-state index contributed by atoms with van der Waals surface area (Å²) in [6, 6.07) is 5.67. The first-order valence-corrected chi connectivity index (χ1v) is 8.48.